The average molecular weight is 426 g/mol. The highest BCUT2D eigenvalue weighted by molar-refractivity contribution is 8.00. The molecule has 7 nitrogen and oxygen atoms in total. The van der Waals surface area contributed by atoms with E-state index in [0.717, 1.165) is 79.1 Å². The van der Waals surface area contributed by atoms with Crippen LogP contribution in [-0.2, 0) is 6.42 Å². The summed E-state index contributed by atoms with van der Waals surface area (Å²) < 4.78 is 5.55. The van der Waals surface area contributed by atoms with Gasteiger partial charge in [0.05, 0.1) is 0 Å². The van der Waals surface area contributed by atoms with Gasteiger partial charge in [0.15, 0.2) is 5.96 Å². The standard InChI is InChI=1S/C17H27N7S3/c1-3-14-21-16(27-22-14)24-10-8-23(9-11-24)15(18-4-2)19-6-5-12-25-17-20-7-13-26-17/h7,13H,3-6,8-12H2,1-2H3,(H,18,19). The number of nitrogens with one attached hydrogen (secondary N) is 1. The van der Waals surface area contributed by atoms with Crippen molar-refractivity contribution in [1.82, 2.24) is 24.6 Å². The zero-order chi connectivity index (χ0) is 18.9. The van der Waals surface area contributed by atoms with Gasteiger partial charge in [0.25, 0.3) is 0 Å². The molecule has 2 aromatic heterocycles. The van der Waals surface area contributed by atoms with Gasteiger partial charge < -0.3 is 15.1 Å². The predicted molar refractivity (Wildman–Crippen MR) is 117 cm³/mol. The van der Waals surface area contributed by atoms with Crippen molar-refractivity contribution < 1.29 is 0 Å². The summed E-state index contributed by atoms with van der Waals surface area (Å²) in [6.45, 7) is 9.79. The number of aromatic nitrogens is 3. The van der Waals surface area contributed by atoms with Crippen LogP contribution in [0.1, 0.15) is 26.1 Å². The first-order valence-electron chi connectivity index (χ1n) is 9.43. The summed E-state index contributed by atoms with van der Waals surface area (Å²) >= 11 is 5.03. The molecular formula is C17H27N7S3. The molecule has 148 valence electrons. The molecular weight excluding hydrogens is 398 g/mol. The van der Waals surface area contributed by atoms with Gasteiger partial charge in [0.1, 0.15) is 10.2 Å². The predicted octanol–water partition coefficient (Wildman–Crippen LogP) is 2.83. The molecule has 0 aromatic carbocycles. The Balaban J connectivity index is 1.45. The number of guanidine groups is 1. The molecule has 0 saturated carbocycles. The normalized spacial score (nSPS) is 15.4. The summed E-state index contributed by atoms with van der Waals surface area (Å²) in [6, 6.07) is 0. The summed E-state index contributed by atoms with van der Waals surface area (Å²) in [5, 5.41) is 6.51. The van der Waals surface area contributed by atoms with Crippen LogP contribution in [0, 0.1) is 0 Å². The van der Waals surface area contributed by atoms with Crippen molar-refractivity contribution in [3.63, 3.8) is 0 Å². The molecule has 0 aliphatic carbocycles. The largest absolute Gasteiger partial charge is 0.357 e. The van der Waals surface area contributed by atoms with Crippen molar-refractivity contribution in [3.05, 3.63) is 17.4 Å². The van der Waals surface area contributed by atoms with Gasteiger partial charge in [-0.2, -0.15) is 4.37 Å². The molecule has 0 spiro atoms. The Morgan fingerprint density at radius 3 is 2.81 bits per heavy atom. The first kappa shape index (κ1) is 20.3. The molecule has 0 bridgehead atoms. The monoisotopic (exact) mass is 425 g/mol. The van der Waals surface area contributed by atoms with Gasteiger partial charge in [-0.15, -0.1) is 11.3 Å². The lowest BCUT2D eigenvalue weighted by Gasteiger charge is -2.36. The lowest BCUT2D eigenvalue weighted by atomic mass is 10.3. The van der Waals surface area contributed by atoms with Crippen molar-refractivity contribution in [2.24, 2.45) is 4.99 Å². The maximum Gasteiger partial charge on any atom is 0.205 e. The summed E-state index contributed by atoms with van der Waals surface area (Å²) in [6.07, 6.45) is 3.82. The number of aryl methyl sites for hydroxylation is 1. The van der Waals surface area contributed by atoms with E-state index in [0.29, 0.717) is 0 Å². The van der Waals surface area contributed by atoms with Crippen LogP contribution in [0.3, 0.4) is 0 Å². The molecule has 2 aromatic rings. The van der Waals surface area contributed by atoms with Gasteiger partial charge in [-0.3, -0.25) is 4.99 Å². The molecule has 10 heteroatoms. The molecule has 0 atom stereocenters. The maximum atomic E-state index is 4.83. The first-order chi connectivity index (χ1) is 13.3. The van der Waals surface area contributed by atoms with Gasteiger partial charge in [-0.05, 0) is 13.3 Å². The lowest BCUT2D eigenvalue weighted by Crippen LogP contribution is -2.52. The minimum Gasteiger partial charge on any atom is -0.357 e. The molecule has 0 unspecified atom stereocenters. The Labute approximate surface area is 173 Å². The number of aliphatic imine (C=N–C) groups is 1. The molecule has 3 heterocycles. The Kier molecular flexibility index (Phi) is 8.15. The van der Waals surface area contributed by atoms with Crippen LogP contribution >= 0.6 is 34.6 Å². The van der Waals surface area contributed by atoms with E-state index in [-0.39, 0.29) is 0 Å². The number of thioether (sulfide) groups is 1. The first-order valence-corrected chi connectivity index (χ1v) is 12.1. The highest BCUT2D eigenvalue weighted by Gasteiger charge is 2.21. The van der Waals surface area contributed by atoms with Crippen LogP contribution in [0.15, 0.2) is 20.9 Å². The minimum absolute atomic E-state index is 0.844. The van der Waals surface area contributed by atoms with Crippen molar-refractivity contribution in [2.75, 3.05) is 49.9 Å². The molecule has 1 aliphatic heterocycles. The van der Waals surface area contributed by atoms with Gasteiger partial charge >= 0.3 is 0 Å². The highest BCUT2D eigenvalue weighted by atomic mass is 32.2. The number of piperazine rings is 1. The van der Waals surface area contributed by atoms with E-state index in [1.54, 1.807) is 11.3 Å². The smallest absolute Gasteiger partial charge is 0.205 e. The van der Waals surface area contributed by atoms with Crippen LogP contribution in [0.5, 0.6) is 0 Å². The molecule has 1 aliphatic rings. The Hall–Kier alpha value is -1.39. The number of hydrogen-bond acceptors (Lipinski definition) is 8. The van der Waals surface area contributed by atoms with Gasteiger partial charge in [0.2, 0.25) is 5.13 Å². The van der Waals surface area contributed by atoms with E-state index >= 15 is 0 Å². The van der Waals surface area contributed by atoms with Crippen LogP contribution in [0.25, 0.3) is 0 Å². The van der Waals surface area contributed by atoms with E-state index < -0.39 is 0 Å². The summed E-state index contributed by atoms with van der Waals surface area (Å²) in [5.74, 6) is 3.03. The van der Waals surface area contributed by atoms with Gasteiger partial charge in [-0.25, -0.2) is 9.97 Å². The fraction of sp³-hybridized carbons (Fsp3) is 0.647. The van der Waals surface area contributed by atoms with E-state index in [2.05, 4.69) is 43.3 Å². The maximum absolute atomic E-state index is 4.83. The molecule has 1 fully saturated rings. The van der Waals surface area contributed by atoms with Crippen molar-refractivity contribution in [2.45, 2.75) is 31.0 Å². The lowest BCUT2D eigenvalue weighted by molar-refractivity contribution is 0.372. The second-order valence-electron chi connectivity index (χ2n) is 6.06. The quantitative estimate of drug-likeness (QED) is 0.302. The third-order valence-corrected chi connectivity index (χ3v) is 7.02. The van der Waals surface area contributed by atoms with Crippen LogP contribution < -0.4 is 10.2 Å². The minimum atomic E-state index is 0.844. The van der Waals surface area contributed by atoms with Gasteiger partial charge in [0, 0.05) is 74.6 Å². The van der Waals surface area contributed by atoms with Gasteiger partial charge in [-0.1, -0.05) is 18.7 Å². The zero-order valence-corrected chi connectivity index (χ0v) is 18.4. The Morgan fingerprint density at radius 2 is 2.15 bits per heavy atom. The highest BCUT2D eigenvalue weighted by Crippen LogP contribution is 2.21. The second kappa shape index (κ2) is 10.8. The average Bonchev–Trinajstić information content (AvgIpc) is 3.39. The molecule has 0 amide bonds. The number of thiazole rings is 1. The molecule has 3 rings (SSSR count). The Bertz CT molecular complexity index is 693. The van der Waals surface area contributed by atoms with Crippen LogP contribution in [-0.4, -0.2) is 70.2 Å². The number of rotatable bonds is 8. The zero-order valence-electron chi connectivity index (χ0n) is 15.9. The molecule has 1 N–H and O–H groups in total. The van der Waals surface area contributed by atoms with E-state index in [1.807, 2.05) is 23.3 Å². The summed E-state index contributed by atoms with van der Waals surface area (Å²) in [5.41, 5.74) is 0. The second-order valence-corrected chi connectivity index (χ2v) is 9.02. The van der Waals surface area contributed by atoms with Crippen molar-refractivity contribution in [3.8, 4) is 0 Å². The summed E-state index contributed by atoms with van der Waals surface area (Å²) in [4.78, 5) is 18.4. The number of anilines is 1. The van der Waals surface area contributed by atoms with Crippen LogP contribution in [0.2, 0.25) is 0 Å². The fourth-order valence-electron chi connectivity index (χ4n) is 2.74. The van der Waals surface area contributed by atoms with E-state index in [9.17, 15) is 0 Å². The third-order valence-electron chi connectivity index (χ3n) is 4.16. The Morgan fingerprint density at radius 1 is 1.30 bits per heavy atom. The fourth-order valence-corrected chi connectivity index (χ4v) is 5.18. The van der Waals surface area contributed by atoms with Crippen LogP contribution in [0.4, 0.5) is 5.13 Å². The van der Waals surface area contributed by atoms with E-state index in [1.165, 1.54) is 11.5 Å². The molecule has 27 heavy (non-hydrogen) atoms. The molecule has 1 saturated heterocycles. The van der Waals surface area contributed by atoms with Crippen molar-refractivity contribution in [1.29, 1.82) is 0 Å². The SMILES string of the molecule is CCNC(=NCCCSc1nccs1)N1CCN(c2nc(CC)ns2)CC1. The number of hydrogen-bond donors (Lipinski definition) is 1. The number of nitrogens with zero attached hydrogens (tertiary/aromatic N) is 6. The molecule has 0 radical (unpaired) electrons. The third kappa shape index (κ3) is 6.05. The van der Waals surface area contributed by atoms with E-state index in [4.69, 9.17) is 4.99 Å². The summed E-state index contributed by atoms with van der Waals surface area (Å²) in [7, 11) is 0. The van der Waals surface area contributed by atoms with Crippen molar-refractivity contribution >= 4 is 45.7 Å². The topological polar surface area (TPSA) is 69.5 Å².